The number of ether oxygens (including phenoxy) is 5. The van der Waals surface area contributed by atoms with Crippen LogP contribution in [-0.4, -0.2) is 130 Å². The minimum absolute atomic E-state index is 0. The van der Waals surface area contributed by atoms with E-state index in [4.69, 9.17) is 28.8 Å². The molecule has 4 aromatic heterocycles. The molecular weight excluding hydrogens is 689 g/mol. The highest BCUT2D eigenvalue weighted by Crippen LogP contribution is 2.45. The minimum Gasteiger partial charge on any atom is -0.394 e. The third-order valence-electron chi connectivity index (χ3n) is 8.35. The Morgan fingerprint density at radius 1 is 0.780 bits per heavy atom. The lowest BCUT2D eigenvalue weighted by molar-refractivity contribution is -0.191. The number of aliphatic hydroxyl groups excluding tert-OH is 4. The summed E-state index contributed by atoms with van der Waals surface area (Å²) in [6.45, 7) is 9.36. The van der Waals surface area contributed by atoms with E-state index >= 15 is 0 Å². The van der Waals surface area contributed by atoms with Crippen LogP contribution < -0.4 is 0 Å². The SMILES string of the molecule is C.COC(C)(C)C.CSc1ncnn2c(C3O[C@H](CO)[C@@H](O)[C@H]3O)ccc12.CSc1ncnn2c([C@@H]3O[C@H](CO)[C@H]4OC(C)(C)O[C@H]43)ccc12. The number of methoxy groups -OCH3 is 1. The lowest BCUT2D eigenvalue weighted by atomic mass is 10.1. The third kappa shape index (κ3) is 8.28. The summed E-state index contributed by atoms with van der Waals surface area (Å²) in [6.07, 6.45) is 1.84. The molecule has 0 bridgehead atoms. The van der Waals surface area contributed by atoms with Crippen molar-refractivity contribution in [3.63, 3.8) is 0 Å². The van der Waals surface area contributed by atoms with Gasteiger partial charge >= 0.3 is 0 Å². The average Bonchev–Trinajstić information content (AvgIpc) is 3.89. The van der Waals surface area contributed by atoms with E-state index < -0.39 is 36.3 Å². The van der Waals surface area contributed by atoms with Crippen molar-refractivity contribution in [1.82, 2.24) is 29.2 Å². The number of nitrogens with zero attached hydrogens (tertiary/aromatic N) is 6. The van der Waals surface area contributed by atoms with Crippen molar-refractivity contribution in [1.29, 1.82) is 0 Å². The molecule has 7 rings (SSSR count). The van der Waals surface area contributed by atoms with Gasteiger partial charge < -0.3 is 44.1 Å². The lowest BCUT2D eigenvalue weighted by Gasteiger charge is -2.23. The summed E-state index contributed by atoms with van der Waals surface area (Å²) in [5.41, 5.74) is 3.29. The van der Waals surface area contributed by atoms with Crippen molar-refractivity contribution in [3.8, 4) is 0 Å². The van der Waals surface area contributed by atoms with Crippen LogP contribution in [0.25, 0.3) is 11.0 Å². The first-order valence-electron chi connectivity index (χ1n) is 15.8. The number of fused-ring (bicyclic) bond motifs is 3. The Morgan fingerprint density at radius 2 is 1.24 bits per heavy atom. The molecule has 0 spiro atoms. The van der Waals surface area contributed by atoms with E-state index in [0.29, 0.717) is 5.69 Å². The van der Waals surface area contributed by atoms with Crippen molar-refractivity contribution in [3.05, 3.63) is 48.3 Å². The molecule has 50 heavy (non-hydrogen) atoms. The second-order valence-corrected chi connectivity index (χ2v) is 14.7. The molecule has 4 aromatic rings. The van der Waals surface area contributed by atoms with Gasteiger partial charge in [-0.2, -0.15) is 10.2 Å². The van der Waals surface area contributed by atoms with Gasteiger partial charge in [-0.15, -0.1) is 23.5 Å². The van der Waals surface area contributed by atoms with Gasteiger partial charge in [-0.3, -0.25) is 0 Å². The quantitative estimate of drug-likeness (QED) is 0.211. The third-order valence-corrected chi connectivity index (χ3v) is 9.75. The highest BCUT2D eigenvalue weighted by atomic mass is 32.2. The van der Waals surface area contributed by atoms with Crippen molar-refractivity contribution in [2.24, 2.45) is 0 Å². The van der Waals surface area contributed by atoms with Crippen LogP contribution in [0.4, 0.5) is 0 Å². The molecule has 4 N–H and O–H groups in total. The number of hydrogen-bond acceptors (Lipinski definition) is 15. The summed E-state index contributed by atoms with van der Waals surface area (Å²) in [5, 5.41) is 48.9. The summed E-state index contributed by atoms with van der Waals surface area (Å²) in [4.78, 5) is 8.45. The zero-order valence-electron chi connectivity index (χ0n) is 28.8. The summed E-state index contributed by atoms with van der Waals surface area (Å²) in [6, 6.07) is 7.58. The first kappa shape index (κ1) is 40.4. The molecule has 278 valence electrons. The van der Waals surface area contributed by atoms with E-state index in [1.807, 2.05) is 69.8 Å². The predicted octanol–water partition coefficient (Wildman–Crippen LogP) is 3.08. The van der Waals surface area contributed by atoms with Crippen molar-refractivity contribution in [2.45, 2.75) is 112 Å². The maximum Gasteiger partial charge on any atom is 0.164 e. The van der Waals surface area contributed by atoms with Gasteiger partial charge in [-0.05, 0) is 71.4 Å². The Labute approximate surface area is 300 Å². The Bertz CT molecular complexity index is 1700. The van der Waals surface area contributed by atoms with Gasteiger partial charge in [0.2, 0.25) is 0 Å². The first-order chi connectivity index (χ1) is 23.3. The van der Waals surface area contributed by atoms with Gasteiger partial charge in [0.05, 0.1) is 41.2 Å². The van der Waals surface area contributed by atoms with E-state index in [2.05, 4.69) is 20.2 Å². The molecule has 3 saturated heterocycles. The van der Waals surface area contributed by atoms with Gasteiger partial charge in [0.25, 0.3) is 0 Å². The number of aliphatic hydroxyl groups is 4. The van der Waals surface area contributed by atoms with Crippen LogP contribution in [0.2, 0.25) is 0 Å². The number of hydrogen-bond donors (Lipinski definition) is 4. The fraction of sp³-hybridized carbons (Fsp3) is 0.636. The van der Waals surface area contributed by atoms with E-state index in [9.17, 15) is 15.3 Å². The van der Waals surface area contributed by atoms with Crippen LogP contribution in [0.3, 0.4) is 0 Å². The molecule has 7 heterocycles. The van der Waals surface area contributed by atoms with Gasteiger partial charge in [-0.25, -0.2) is 19.0 Å². The molecular formula is C33H50N6O9S2. The van der Waals surface area contributed by atoms with Crippen LogP contribution in [0.5, 0.6) is 0 Å². The van der Waals surface area contributed by atoms with Gasteiger partial charge in [0.1, 0.15) is 71.5 Å². The Balaban J connectivity index is 0.000000192. The first-order valence-corrected chi connectivity index (χ1v) is 18.2. The second kappa shape index (κ2) is 16.5. The second-order valence-electron chi connectivity index (χ2n) is 13.1. The highest BCUT2D eigenvalue weighted by Gasteiger charge is 2.56. The molecule has 17 heteroatoms. The largest absolute Gasteiger partial charge is 0.394 e. The van der Waals surface area contributed by atoms with E-state index in [-0.39, 0.29) is 44.6 Å². The van der Waals surface area contributed by atoms with Crippen LogP contribution in [-0.2, 0) is 23.7 Å². The fourth-order valence-electron chi connectivity index (χ4n) is 5.82. The zero-order valence-corrected chi connectivity index (χ0v) is 30.5. The van der Waals surface area contributed by atoms with E-state index in [1.165, 1.54) is 24.4 Å². The summed E-state index contributed by atoms with van der Waals surface area (Å²) < 4.78 is 31.9. The maximum atomic E-state index is 10.1. The van der Waals surface area contributed by atoms with Gasteiger partial charge in [-0.1, -0.05) is 7.43 Å². The Kier molecular flexibility index (Phi) is 13.3. The molecule has 15 nitrogen and oxygen atoms in total. The smallest absolute Gasteiger partial charge is 0.164 e. The summed E-state index contributed by atoms with van der Waals surface area (Å²) >= 11 is 3.07. The van der Waals surface area contributed by atoms with Crippen LogP contribution in [0.1, 0.15) is 65.6 Å². The maximum absolute atomic E-state index is 10.1. The molecule has 0 amide bonds. The van der Waals surface area contributed by atoms with Crippen LogP contribution in [0, 0.1) is 0 Å². The molecule has 3 aliphatic rings. The number of aromatic nitrogens is 6. The molecule has 3 aliphatic heterocycles. The predicted molar refractivity (Wildman–Crippen MR) is 188 cm³/mol. The molecule has 1 unspecified atom stereocenters. The summed E-state index contributed by atoms with van der Waals surface area (Å²) in [7, 11) is 1.71. The van der Waals surface area contributed by atoms with E-state index in [0.717, 1.165) is 26.8 Å². The topological polar surface area (TPSA) is 187 Å². The molecule has 0 aliphatic carbocycles. The van der Waals surface area contributed by atoms with Crippen molar-refractivity contribution >= 4 is 34.6 Å². The number of thioether (sulfide) groups is 2. The lowest BCUT2D eigenvalue weighted by Crippen LogP contribution is -2.32. The monoisotopic (exact) mass is 738 g/mol. The normalized spacial score (nSPS) is 28.5. The summed E-state index contributed by atoms with van der Waals surface area (Å²) in [5.74, 6) is -0.683. The Hall–Kier alpha value is -2.42. The molecule has 8 atom stereocenters. The highest BCUT2D eigenvalue weighted by molar-refractivity contribution is 7.98. The zero-order chi connectivity index (χ0) is 35.7. The standard InChI is InChI=1S/C15H19N3O4S.C12H15N3O4S.C5H12O.CH4/c1-15(2)21-12-10(6-19)20-11(13(12)22-15)8-4-5-9-14(23-3)16-7-17-18(8)9;1-20-12-7-3-2-6(15(7)14-5-13-12)11-10(18)9(17)8(4-16)19-11;1-5(2,3)6-4;/h4-5,7,10-13,19H,6H2,1-3H3;2-3,5,8-11,16-18H,4H2,1H3;1-4H3;1H4/t10-,11+,12-,13+;8-,9-,10-,11?;;/m11../s1. The molecule has 0 aromatic carbocycles. The Morgan fingerprint density at radius 3 is 1.68 bits per heavy atom. The van der Waals surface area contributed by atoms with Crippen LogP contribution >= 0.6 is 23.5 Å². The fourth-order valence-corrected chi connectivity index (χ4v) is 6.85. The minimum atomic E-state index is -1.11. The van der Waals surface area contributed by atoms with Gasteiger partial charge in [0.15, 0.2) is 5.79 Å². The molecule has 3 fully saturated rings. The van der Waals surface area contributed by atoms with Crippen molar-refractivity contribution in [2.75, 3.05) is 32.8 Å². The van der Waals surface area contributed by atoms with Gasteiger partial charge in [0, 0.05) is 7.11 Å². The molecule has 0 radical (unpaired) electrons. The average molecular weight is 739 g/mol. The van der Waals surface area contributed by atoms with Crippen molar-refractivity contribution < 1.29 is 44.1 Å². The molecule has 0 saturated carbocycles. The van der Waals surface area contributed by atoms with Crippen LogP contribution in [0.15, 0.2) is 47.0 Å². The number of rotatable bonds is 6. The van der Waals surface area contributed by atoms with E-state index in [1.54, 1.807) is 29.5 Å².